The smallest absolute Gasteiger partial charge is 0.432 e. The number of ether oxygens (including phenoxy) is 2. The summed E-state index contributed by atoms with van der Waals surface area (Å²) in [4.78, 5) is 27.2. The first-order chi connectivity index (χ1) is 14.7. The highest BCUT2D eigenvalue weighted by atomic mass is 19.4. The zero-order valence-electron chi connectivity index (χ0n) is 16.2. The van der Waals surface area contributed by atoms with E-state index in [1.165, 1.54) is 30.3 Å². The first-order valence-corrected chi connectivity index (χ1v) is 9.05. The average Bonchev–Trinajstić information content (AvgIpc) is 2.72. The number of carbonyl (C=O) groups excluding carboxylic acids is 1. The second kappa shape index (κ2) is 8.65. The molecule has 0 saturated carbocycles. The minimum Gasteiger partial charge on any atom is -0.508 e. The number of benzene rings is 2. The lowest BCUT2D eigenvalue weighted by Gasteiger charge is -2.33. The van der Waals surface area contributed by atoms with E-state index in [0.29, 0.717) is 0 Å². The van der Waals surface area contributed by atoms with Crippen molar-refractivity contribution in [3.8, 4) is 5.75 Å². The van der Waals surface area contributed by atoms with Crippen molar-refractivity contribution in [3.05, 3.63) is 100.0 Å². The molecular weight excluding hydrogens is 415 g/mol. The SMILES string of the molecule is CO[C@@](C(=O)O[C@@H](c1ccccc1)c1cc(O)cc(=O)[nH]1)(c1ccccc1)C(F)(F)F. The number of rotatable bonds is 6. The molecule has 0 aliphatic heterocycles. The molecule has 2 N–H and O–H groups in total. The maximum absolute atomic E-state index is 14.2. The van der Waals surface area contributed by atoms with E-state index in [1.54, 1.807) is 18.2 Å². The van der Waals surface area contributed by atoms with E-state index in [4.69, 9.17) is 9.47 Å². The third kappa shape index (κ3) is 4.31. The zero-order valence-corrected chi connectivity index (χ0v) is 16.2. The first kappa shape index (κ1) is 22.1. The molecule has 0 aliphatic rings. The molecule has 2 aromatic carbocycles. The minimum absolute atomic E-state index is 0.107. The van der Waals surface area contributed by atoms with Gasteiger partial charge < -0.3 is 19.6 Å². The minimum atomic E-state index is -5.16. The van der Waals surface area contributed by atoms with E-state index in [-0.39, 0.29) is 11.3 Å². The van der Waals surface area contributed by atoms with E-state index in [9.17, 15) is 27.9 Å². The van der Waals surface area contributed by atoms with Crippen molar-refractivity contribution in [2.24, 2.45) is 0 Å². The van der Waals surface area contributed by atoms with Gasteiger partial charge in [-0.05, 0) is 5.56 Å². The number of carbonyl (C=O) groups is 1. The van der Waals surface area contributed by atoms with Crippen LogP contribution in [0.3, 0.4) is 0 Å². The van der Waals surface area contributed by atoms with Crippen molar-refractivity contribution >= 4 is 5.97 Å². The number of hydrogen-bond acceptors (Lipinski definition) is 5. The molecule has 0 spiro atoms. The predicted octanol–water partition coefficient (Wildman–Crippen LogP) is 3.82. The number of methoxy groups -OCH3 is 1. The molecule has 0 saturated heterocycles. The molecule has 0 radical (unpaired) electrons. The number of alkyl halides is 3. The van der Waals surface area contributed by atoms with Crippen LogP contribution in [0.2, 0.25) is 0 Å². The van der Waals surface area contributed by atoms with E-state index < -0.39 is 40.7 Å². The van der Waals surface area contributed by atoms with Gasteiger partial charge in [-0.1, -0.05) is 60.7 Å². The Labute approximate surface area is 174 Å². The lowest BCUT2D eigenvalue weighted by Crippen LogP contribution is -2.52. The summed E-state index contributed by atoms with van der Waals surface area (Å²) in [5.41, 5.74) is -4.42. The van der Waals surface area contributed by atoms with E-state index in [1.807, 2.05) is 0 Å². The Kier molecular flexibility index (Phi) is 6.16. The summed E-state index contributed by atoms with van der Waals surface area (Å²) >= 11 is 0. The highest BCUT2D eigenvalue weighted by molar-refractivity contribution is 5.83. The maximum Gasteiger partial charge on any atom is 0.432 e. The lowest BCUT2D eigenvalue weighted by molar-refractivity contribution is -0.277. The number of hydrogen-bond donors (Lipinski definition) is 2. The van der Waals surface area contributed by atoms with Gasteiger partial charge in [-0.15, -0.1) is 0 Å². The molecule has 3 aromatic rings. The number of pyridine rings is 1. The topological polar surface area (TPSA) is 88.6 Å². The fourth-order valence-electron chi connectivity index (χ4n) is 3.21. The fourth-order valence-corrected chi connectivity index (χ4v) is 3.21. The number of esters is 1. The van der Waals surface area contributed by atoms with Crippen LogP contribution in [-0.4, -0.2) is 29.3 Å². The summed E-state index contributed by atoms with van der Waals surface area (Å²) in [5, 5.41) is 9.77. The molecule has 3 rings (SSSR count). The van der Waals surface area contributed by atoms with Gasteiger partial charge in [0.1, 0.15) is 5.75 Å². The zero-order chi connectivity index (χ0) is 22.6. The third-order valence-electron chi connectivity index (χ3n) is 4.63. The summed E-state index contributed by atoms with van der Waals surface area (Å²) in [6.07, 6.45) is -6.61. The third-order valence-corrected chi connectivity index (χ3v) is 4.63. The average molecular weight is 433 g/mol. The van der Waals surface area contributed by atoms with Crippen LogP contribution >= 0.6 is 0 Å². The molecule has 9 heteroatoms. The Bertz CT molecular complexity index is 1100. The van der Waals surface area contributed by atoms with Crippen molar-refractivity contribution in [1.82, 2.24) is 4.98 Å². The largest absolute Gasteiger partial charge is 0.508 e. The summed E-state index contributed by atoms with van der Waals surface area (Å²) < 4.78 is 52.6. The van der Waals surface area contributed by atoms with Gasteiger partial charge in [-0.3, -0.25) is 4.79 Å². The van der Waals surface area contributed by atoms with E-state index >= 15 is 0 Å². The fraction of sp³-hybridized carbons (Fsp3) is 0.182. The summed E-state index contributed by atoms with van der Waals surface area (Å²) in [6.45, 7) is 0. The van der Waals surface area contributed by atoms with Crippen molar-refractivity contribution in [2.75, 3.05) is 7.11 Å². The van der Waals surface area contributed by atoms with Gasteiger partial charge in [-0.2, -0.15) is 13.2 Å². The number of nitrogens with one attached hydrogen (secondary N) is 1. The van der Waals surface area contributed by atoms with Gasteiger partial charge in [0, 0.05) is 24.8 Å². The molecule has 2 atom stereocenters. The number of aromatic hydroxyl groups is 1. The van der Waals surface area contributed by atoms with Crippen molar-refractivity contribution < 1.29 is 32.5 Å². The summed E-state index contributed by atoms with van der Waals surface area (Å²) in [7, 11) is 0.759. The highest BCUT2D eigenvalue weighted by Gasteiger charge is 2.64. The van der Waals surface area contributed by atoms with Gasteiger partial charge in [0.05, 0.1) is 5.69 Å². The number of aromatic nitrogens is 1. The molecule has 1 heterocycles. The van der Waals surface area contributed by atoms with Crippen LogP contribution < -0.4 is 5.56 Å². The molecule has 0 bridgehead atoms. The summed E-state index contributed by atoms with van der Waals surface area (Å²) in [5.74, 6) is -2.17. The number of H-pyrrole nitrogens is 1. The number of aromatic amines is 1. The van der Waals surface area contributed by atoms with Crippen molar-refractivity contribution in [1.29, 1.82) is 0 Å². The van der Waals surface area contributed by atoms with E-state index in [2.05, 4.69) is 4.98 Å². The van der Waals surface area contributed by atoms with E-state index in [0.717, 1.165) is 31.4 Å². The molecule has 0 fully saturated rings. The molecule has 162 valence electrons. The van der Waals surface area contributed by atoms with Gasteiger partial charge in [0.15, 0.2) is 6.10 Å². The molecular formula is C22H18F3NO5. The van der Waals surface area contributed by atoms with Gasteiger partial charge in [0.25, 0.3) is 11.2 Å². The summed E-state index contributed by atoms with van der Waals surface area (Å²) in [6, 6.07) is 16.2. The standard InChI is InChI=1S/C22H18F3NO5/c1-30-21(22(23,24)25,15-10-6-3-7-11-15)20(29)31-19(14-8-4-2-5-9-14)17-12-16(27)13-18(28)26-17/h2-13,19H,1H3,(H2,26,27,28)/t19-,21+/m0/s1. The highest BCUT2D eigenvalue weighted by Crippen LogP contribution is 2.44. The van der Waals surface area contributed by atoms with Gasteiger partial charge in [0.2, 0.25) is 0 Å². The van der Waals surface area contributed by atoms with Crippen molar-refractivity contribution in [3.63, 3.8) is 0 Å². The monoisotopic (exact) mass is 433 g/mol. The Balaban J connectivity index is 2.13. The Morgan fingerprint density at radius 1 is 1.00 bits per heavy atom. The van der Waals surface area contributed by atoms with Crippen LogP contribution in [0, 0.1) is 0 Å². The quantitative estimate of drug-likeness (QED) is 0.577. The van der Waals surface area contributed by atoms with Gasteiger partial charge >= 0.3 is 12.1 Å². The molecule has 31 heavy (non-hydrogen) atoms. The second-order valence-corrected chi connectivity index (χ2v) is 6.60. The van der Waals surface area contributed by atoms with Gasteiger partial charge in [-0.25, -0.2) is 4.79 Å². The van der Waals surface area contributed by atoms with Crippen LogP contribution in [0.15, 0.2) is 77.6 Å². The van der Waals surface area contributed by atoms with Crippen LogP contribution in [0.25, 0.3) is 0 Å². The predicted molar refractivity (Wildman–Crippen MR) is 104 cm³/mol. The lowest BCUT2D eigenvalue weighted by atomic mass is 9.92. The van der Waals surface area contributed by atoms with Crippen molar-refractivity contribution in [2.45, 2.75) is 17.9 Å². The molecule has 0 aliphatic carbocycles. The van der Waals surface area contributed by atoms with Crippen LogP contribution in [0.1, 0.15) is 22.9 Å². The Hall–Kier alpha value is -3.59. The Morgan fingerprint density at radius 3 is 2.10 bits per heavy atom. The number of halogens is 3. The molecule has 1 aromatic heterocycles. The van der Waals surface area contributed by atoms with Crippen LogP contribution in [-0.2, 0) is 19.9 Å². The van der Waals surface area contributed by atoms with Crippen LogP contribution in [0.5, 0.6) is 5.75 Å². The molecule has 0 amide bonds. The Morgan fingerprint density at radius 2 is 1.58 bits per heavy atom. The van der Waals surface area contributed by atoms with Crippen LogP contribution in [0.4, 0.5) is 13.2 Å². The molecule has 6 nitrogen and oxygen atoms in total. The normalized spacial score (nSPS) is 14.5. The maximum atomic E-state index is 14.2. The second-order valence-electron chi connectivity index (χ2n) is 6.60. The first-order valence-electron chi connectivity index (χ1n) is 9.05. The molecule has 0 unspecified atom stereocenters.